The van der Waals surface area contributed by atoms with E-state index in [1.165, 1.54) is 0 Å². The second-order valence-electron chi connectivity index (χ2n) is 7.36. The van der Waals surface area contributed by atoms with Crippen molar-refractivity contribution in [2.24, 2.45) is 0 Å². The topological polar surface area (TPSA) is 74.5 Å². The van der Waals surface area contributed by atoms with Crippen molar-refractivity contribution in [2.75, 3.05) is 44.2 Å². The molecule has 1 aliphatic rings. The summed E-state index contributed by atoms with van der Waals surface area (Å²) in [6.07, 6.45) is 4.58. The number of amides is 1. The van der Waals surface area contributed by atoms with Crippen molar-refractivity contribution < 1.29 is 9.21 Å². The number of nitrogens with one attached hydrogen (secondary N) is 1. The van der Waals surface area contributed by atoms with Crippen LogP contribution >= 0.6 is 0 Å². The number of piperazine rings is 1. The molecular formula is C23H27N5O2. The molecule has 4 rings (SSSR count). The third kappa shape index (κ3) is 5.45. The number of hydrogen-bond acceptors (Lipinski definition) is 6. The molecule has 1 saturated heterocycles. The quantitative estimate of drug-likeness (QED) is 0.621. The van der Waals surface area contributed by atoms with Crippen LogP contribution in [0.15, 0.2) is 65.3 Å². The molecule has 0 atom stereocenters. The smallest absolute Gasteiger partial charge is 0.225 e. The van der Waals surface area contributed by atoms with Crippen LogP contribution in [0.25, 0.3) is 11.3 Å². The van der Waals surface area contributed by atoms with Gasteiger partial charge in [0.25, 0.3) is 0 Å². The normalized spacial score (nSPS) is 14.6. The number of carbonyl (C=O) groups excluding carboxylic acids is 1. The highest BCUT2D eigenvalue weighted by Gasteiger charge is 2.18. The van der Waals surface area contributed by atoms with Crippen LogP contribution in [0.5, 0.6) is 0 Å². The maximum Gasteiger partial charge on any atom is 0.225 e. The minimum Gasteiger partial charge on any atom is -0.461 e. The lowest BCUT2D eigenvalue weighted by Gasteiger charge is -2.34. The summed E-state index contributed by atoms with van der Waals surface area (Å²) in [6.45, 7) is 5.22. The molecule has 0 aliphatic carbocycles. The molecule has 1 amide bonds. The minimum atomic E-state index is 0.0592. The van der Waals surface area contributed by atoms with Gasteiger partial charge in [-0.3, -0.25) is 9.69 Å². The molecular weight excluding hydrogens is 378 g/mol. The second kappa shape index (κ2) is 10.0. The zero-order valence-corrected chi connectivity index (χ0v) is 17.0. The fraction of sp³-hybridized carbons (Fsp3) is 0.348. The van der Waals surface area contributed by atoms with Crippen molar-refractivity contribution in [1.82, 2.24) is 20.2 Å². The van der Waals surface area contributed by atoms with Gasteiger partial charge in [0.2, 0.25) is 11.9 Å². The number of aryl methyl sites for hydroxylation is 1. The standard InChI is InChI=1S/C23H27N5O2/c29-22(10-8-20-7-9-21(30-20)19-5-2-1-3-6-19)24-13-14-27-15-17-28(18-16-27)23-25-11-4-12-26-23/h1-7,9,11-12H,8,10,13-18H2,(H,24,29). The summed E-state index contributed by atoms with van der Waals surface area (Å²) in [5.41, 5.74) is 1.05. The van der Waals surface area contributed by atoms with Gasteiger partial charge in [-0.05, 0) is 18.2 Å². The Labute approximate surface area is 176 Å². The number of benzene rings is 1. The molecule has 2 aromatic heterocycles. The highest BCUT2D eigenvalue weighted by Crippen LogP contribution is 2.22. The van der Waals surface area contributed by atoms with Crippen molar-refractivity contribution >= 4 is 11.9 Å². The van der Waals surface area contributed by atoms with E-state index in [0.717, 1.165) is 55.8 Å². The summed E-state index contributed by atoms with van der Waals surface area (Å²) < 4.78 is 5.86. The van der Waals surface area contributed by atoms with Gasteiger partial charge in [-0.1, -0.05) is 30.3 Å². The fourth-order valence-electron chi connectivity index (χ4n) is 3.57. The van der Waals surface area contributed by atoms with E-state index >= 15 is 0 Å². The first kappa shape index (κ1) is 20.1. The van der Waals surface area contributed by atoms with Crippen molar-refractivity contribution in [3.63, 3.8) is 0 Å². The number of carbonyl (C=O) groups is 1. The van der Waals surface area contributed by atoms with Gasteiger partial charge in [0.15, 0.2) is 0 Å². The molecule has 1 fully saturated rings. The van der Waals surface area contributed by atoms with Crippen LogP contribution in [0, 0.1) is 0 Å². The summed E-state index contributed by atoms with van der Waals surface area (Å²) in [4.78, 5) is 25.3. The molecule has 1 N–H and O–H groups in total. The molecule has 0 saturated carbocycles. The minimum absolute atomic E-state index is 0.0592. The highest BCUT2D eigenvalue weighted by molar-refractivity contribution is 5.76. The maximum atomic E-state index is 12.2. The number of furan rings is 1. The number of rotatable bonds is 8. The van der Waals surface area contributed by atoms with Gasteiger partial charge >= 0.3 is 0 Å². The van der Waals surface area contributed by atoms with E-state index in [1.807, 2.05) is 48.5 Å². The van der Waals surface area contributed by atoms with Crippen molar-refractivity contribution in [3.05, 3.63) is 66.7 Å². The molecule has 1 aliphatic heterocycles. The van der Waals surface area contributed by atoms with Crippen LogP contribution in [0.1, 0.15) is 12.2 Å². The van der Waals surface area contributed by atoms with E-state index in [-0.39, 0.29) is 5.91 Å². The third-order valence-electron chi connectivity index (χ3n) is 5.28. The van der Waals surface area contributed by atoms with Crippen LogP contribution in [-0.4, -0.2) is 60.0 Å². The molecule has 1 aromatic carbocycles. The van der Waals surface area contributed by atoms with Crippen LogP contribution < -0.4 is 10.2 Å². The first-order valence-corrected chi connectivity index (χ1v) is 10.4. The first-order valence-electron chi connectivity index (χ1n) is 10.4. The van der Waals surface area contributed by atoms with E-state index in [9.17, 15) is 4.79 Å². The number of aromatic nitrogens is 2. The molecule has 30 heavy (non-hydrogen) atoms. The summed E-state index contributed by atoms with van der Waals surface area (Å²) in [5, 5.41) is 3.02. The van der Waals surface area contributed by atoms with E-state index in [0.29, 0.717) is 19.4 Å². The Hall–Kier alpha value is -3.19. The lowest BCUT2D eigenvalue weighted by atomic mass is 10.2. The molecule has 3 heterocycles. The van der Waals surface area contributed by atoms with Crippen LogP contribution in [0.3, 0.4) is 0 Å². The largest absolute Gasteiger partial charge is 0.461 e. The van der Waals surface area contributed by atoms with Gasteiger partial charge in [0.1, 0.15) is 11.5 Å². The Balaban J connectivity index is 1.13. The molecule has 0 unspecified atom stereocenters. The molecule has 0 bridgehead atoms. The van der Waals surface area contributed by atoms with Crippen LogP contribution in [-0.2, 0) is 11.2 Å². The third-order valence-corrected chi connectivity index (χ3v) is 5.28. The van der Waals surface area contributed by atoms with E-state index in [4.69, 9.17) is 4.42 Å². The average molecular weight is 406 g/mol. The number of anilines is 1. The van der Waals surface area contributed by atoms with Gasteiger partial charge in [-0.15, -0.1) is 0 Å². The molecule has 7 nitrogen and oxygen atoms in total. The Kier molecular flexibility index (Phi) is 6.72. The Bertz CT molecular complexity index is 921. The second-order valence-corrected chi connectivity index (χ2v) is 7.36. The summed E-state index contributed by atoms with van der Waals surface area (Å²) >= 11 is 0. The summed E-state index contributed by atoms with van der Waals surface area (Å²) in [6, 6.07) is 15.7. The van der Waals surface area contributed by atoms with Gasteiger partial charge in [0, 0.05) is 70.1 Å². The van der Waals surface area contributed by atoms with Gasteiger partial charge in [-0.2, -0.15) is 0 Å². The summed E-state index contributed by atoms with van der Waals surface area (Å²) in [5.74, 6) is 2.53. The molecule has 0 radical (unpaired) electrons. The number of hydrogen-bond donors (Lipinski definition) is 1. The zero-order chi connectivity index (χ0) is 20.6. The first-order chi connectivity index (χ1) is 14.8. The Morgan fingerprint density at radius 1 is 0.967 bits per heavy atom. The van der Waals surface area contributed by atoms with Crippen molar-refractivity contribution in [1.29, 1.82) is 0 Å². The lowest BCUT2D eigenvalue weighted by Crippen LogP contribution is -2.49. The Morgan fingerprint density at radius 2 is 1.73 bits per heavy atom. The summed E-state index contributed by atoms with van der Waals surface area (Å²) in [7, 11) is 0. The average Bonchev–Trinajstić information content (AvgIpc) is 3.29. The fourth-order valence-corrected chi connectivity index (χ4v) is 3.57. The molecule has 0 spiro atoms. The molecule has 156 valence electrons. The Morgan fingerprint density at radius 3 is 2.50 bits per heavy atom. The van der Waals surface area contributed by atoms with Crippen LogP contribution in [0.2, 0.25) is 0 Å². The predicted octanol–water partition coefficient (Wildman–Crippen LogP) is 2.61. The van der Waals surface area contributed by atoms with Crippen molar-refractivity contribution in [2.45, 2.75) is 12.8 Å². The monoisotopic (exact) mass is 405 g/mol. The SMILES string of the molecule is O=C(CCc1ccc(-c2ccccc2)o1)NCCN1CCN(c2ncccn2)CC1. The van der Waals surface area contributed by atoms with Gasteiger partial charge in [-0.25, -0.2) is 9.97 Å². The van der Waals surface area contributed by atoms with Crippen molar-refractivity contribution in [3.8, 4) is 11.3 Å². The predicted molar refractivity (Wildman–Crippen MR) is 116 cm³/mol. The van der Waals surface area contributed by atoms with Gasteiger partial charge < -0.3 is 14.6 Å². The highest BCUT2D eigenvalue weighted by atomic mass is 16.3. The molecule has 3 aromatic rings. The number of nitrogens with zero attached hydrogens (tertiary/aromatic N) is 4. The van der Waals surface area contributed by atoms with Crippen LogP contribution in [0.4, 0.5) is 5.95 Å². The lowest BCUT2D eigenvalue weighted by molar-refractivity contribution is -0.121. The maximum absolute atomic E-state index is 12.2. The molecule has 7 heteroatoms. The van der Waals surface area contributed by atoms with Gasteiger partial charge in [0.05, 0.1) is 0 Å². The van der Waals surface area contributed by atoms with E-state index in [2.05, 4.69) is 25.1 Å². The van der Waals surface area contributed by atoms with E-state index < -0.39 is 0 Å². The zero-order valence-electron chi connectivity index (χ0n) is 17.0. The van der Waals surface area contributed by atoms with E-state index in [1.54, 1.807) is 12.4 Å².